The highest BCUT2D eigenvalue weighted by Gasteiger charge is 2.66. The van der Waals surface area contributed by atoms with Crippen LogP contribution in [-0.2, 0) is 19.1 Å². The van der Waals surface area contributed by atoms with E-state index >= 15 is 0 Å². The Hall–Kier alpha value is -3.54. The van der Waals surface area contributed by atoms with Crippen molar-refractivity contribution >= 4 is 29.5 Å². The number of aliphatic hydroxyl groups excluding tert-OH is 3. The number of rotatable bonds is 4. The van der Waals surface area contributed by atoms with Gasteiger partial charge in [-0.2, -0.15) is 0 Å². The van der Waals surface area contributed by atoms with Gasteiger partial charge in [-0.15, -0.1) is 0 Å². The van der Waals surface area contributed by atoms with Crippen molar-refractivity contribution in [3.8, 4) is 5.75 Å². The minimum absolute atomic E-state index is 0.0968. The fourth-order valence-corrected chi connectivity index (χ4v) is 5.80. The van der Waals surface area contributed by atoms with Crippen LogP contribution in [0.5, 0.6) is 5.75 Å². The van der Waals surface area contributed by atoms with E-state index in [4.69, 9.17) is 10.5 Å². The Balaban J connectivity index is 1.88. The number of ketones is 2. The summed E-state index contributed by atoms with van der Waals surface area (Å²) in [5.74, 6) is -10.7. The van der Waals surface area contributed by atoms with E-state index in [0.29, 0.717) is 5.56 Å². The predicted octanol–water partition coefficient (Wildman–Crippen LogP) is -0.146. The lowest BCUT2D eigenvalue weighted by Crippen LogP contribution is -2.67. The average molecular weight is 501 g/mol. The smallest absolute Gasteiger partial charge is 0.330 e. The van der Waals surface area contributed by atoms with Gasteiger partial charge in [0.05, 0.1) is 24.4 Å². The molecule has 11 nitrogen and oxygen atoms in total. The molecule has 0 radical (unpaired) electrons. The van der Waals surface area contributed by atoms with Crippen molar-refractivity contribution in [1.82, 2.24) is 0 Å². The highest BCUT2D eigenvalue weighted by atomic mass is 16.5. The first-order chi connectivity index (χ1) is 16.9. The summed E-state index contributed by atoms with van der Waals surface area (Å²) in [6.45, 7) is 3.40. The molecule has 0 spiro atoms. The molecule has 1 aromatic carbocycles. The van der Waals surface area contributed by atoms with Gasteiger partial charge in [0.2, 0.25) is 5.91 Å². The molecule has 7 N–H and O–H groups in total. The predicted molar refractivity (Wildman–Crippen MR) is 122 cm³/mol. The number of amides is 1. The molecule has 2 unspecified atom stereocenters. The van der Waals surface area contributed by atoms with E-state index in [1.54, 1.807) is 13.8 Å². The summed E-state index contributed by atoms with van der Waals surface area (Å²) in [5.41, 5.74) is 2.13. The van der Waals surface area contributed by atoms with Crippen molar-refractivity contribution in [3.63, 3.8) is 0 Å². The van der Waals surface area contributed by atoms with E-state index in [2.05, 4.69) is 0 Å². The molecule has 192 valence electrons. The standard InChI is InChI=1S/C25H27NO10/c1-3-36-14(28)7-5-10-4-6-11-9(2)15-18(21(31)16(11)19(10)29)23(33)25(35)12(20(15)30)8-13(27)17(22(25)32)24(26)34/h4-7,9,12-13,15,17,20,27,29-30,33,35H,3,8H2,1-2H3,(H2,26,34)/b7-5+/t9-,12+,13?,15+,17?,20+,25+/m0/s1. The quantitative estimate of drug-likeness (QED) is 0.183. The molecule has 1 saturated carbocycles. The lowest BCUT2D eigenvalue weighted by molar-refractivity contribution is -0.179. The Morgan fingerprint density at radius 1 is 1.22 bits per heavy atom. The van der Waals surface area contributed by atoms with Crippen molar-refractivity contribution < 1.29 is 49.4 Å². The van der Waals surface area contributed by atoms with Gasteiger partial charge >= 0.3 is 5.97 Å². The maximum Gasteiger partial charge on any atom is 0.330 e. The summed E-state index contributed by atoms with van der Waals surface area (Å²) in [7, 11) is 0. The number of benzene rings is 1. The third-order valence-corrected chi connectivity index (χ3v) is 7.54. The lowest BCUT2D eigenvalue weighted by Gasteiger charge is -2.52. The highest BCUT2D eigenvalue weighted by molar-refractivity contribution is 6.16. The van der Waals surface area contributed by atoms with Crippen LogP contribution >= 0.6 is 0 Å². The molecule has 4 rings (SSSR count). The number of hydrogen-bond donors (Lipinski definition) is 6. The molecule has 0 bridgehead atoms. The van der Waals surface area contributed by atoms with E-state index in [1.807, 2.05) is 0 Å². The Morgan fingerprint density at radius 2 is 1.89 bits per heavy atom. The number of Topliss-reactive ketones (excluding diaryl/α,β-unsaturated/α-hetero) is 2. The topological polar surface area (TPSA) is 205 Å². The number of carbonyl (C=O) groups is 4. The summed E-state index contributed by atoms with van der Waals surface area (Å²) in [6, 6.07) is 3.01. The monoisotopic (exact) mass is 501 g/mol. The molecule has 0 saturated heterocycles. The normalized spacial score (nSPS) is 33.7. The molecule has 3 aliphatic rings. The Bertz CT molecular complexity index is 1230. The molecular formula is C25H27NO10. The molecule has 0 heterocycles. The van der Waals surface area contributed by atoms with Crippen molar-refractivity contribution in [2.24, 2.45) is 23.5 Å². The number of nitrogens with two attached hydrogens (primary N) is 1. The van der Waals surface area contributed by atoms with Crippen LogP contribution in [0.15, 0.2) is 29.5 Å². The van der Waals surface area contributed by atoms with Gasteiger partial charge in [0.15, 0.2) is 17.2 Å². The van der Waals surface area contributed by atoms with Crippen molar-refractivity contribution in [2.75, 3.05) is 6.61 Å². The van der Waals surface area contributed by atoms with Gasteiger partial charge in [-0.05, 0) is 30.9 Å². The van der Waals surface area contributed by atoms with Crippen LogP contribution in [0.3, 0.4) is 0 Å². The van der Waals surface area contributed by atoms with E-state index in [1.165, 1.54) is 18.2 Å². The number of fused-ring (bicyclic) bond motifs is 3. The summed E-state index contributed by atoms with van der Waals surface area (Å²) in [4.78, 5) is 50.2. The zero-order valence-corrected chi connectivity index (χ0v) is 19.5. The van der Waals surface area contributed by atoms with E-state index in [9.17, 15) is 44.7 Å². The number of esters is 1. The highest BCUT2D eigenvalue weighted by Crippen LogP contribution is 2.55. The maximum absolute atomic E-state index is 13.6. The van der Waals surface area contributed by atoms with Crippen LogP contribution in [0, 0.1) is 17.8 Å². The number of aromatic hydroxyl groups is 1. The summed E-state index contributed by atoms with van der Waals surface area (Å²) >= 11 is 0. The molecule has 0 aliphatic heterocycles. The van der Waals surface area contributed by atoms with Crippen LogP contribution in [-0.4, -0.2) is 73.4 Å². The lowest BCUT2D eigenvalue weighted by atomic mass is 9.54. The summed E-state index contributed by atoms with van der Waals surface area (Å²) in [5, 5.41) is 54.9. The van der Waals surface area contributed by atoms with Gasteiger partial charge in [0.1, 0.15) is 17.4 Å². The Labute approximate surface area is 205 Å². The molecule has 1 amide bonds. The van der Waals surface area contributed by atoms with Gasteiger partial charge in [0, 0.05) is 29.0 Å². The second kappa shape index (κ2) is 8.84. The first kappa shape index (κ1) is 25.5. The van der Waals surface area contributed by atoms with Crippen LogP contribution in [0.2, 0.25) is 0 Å². The zero-order chi connectivity index (χ0) is 26.7. The van der Waals surface area contributed by atoms with Gasteiger partial charge in [-0.1, -0.05) is 19.1 Å². The fourth-order valence-electron chi connectivity index (χ4n) is 5.80. The Morgan fingerprint density at radius 3 is 2.50 bits per heavy atom. The first-order valence-corrected chi connectivity index (χ1v) is 11.5. The molecule has 0 aromatic heterocycles. The number of aliphatic hydroxyl groups is 4. The van der Waals surface area contributed by atoms with Gasteiger partial charge in [-0.3, -0.25) is 14.4 Å². The average Bonchev–Trinajstić information content (AvgIpc) is 2.81. The van der Waals surface area contributed by atoms with Gasteiger partial charge in [-0.25, -0.2) is 4.79 Å². The van der Waals surface area contributed by atoms with Crippen LogP contribution in [0.4, 0.5) is 0 Å². The second-order valence-electron chi connectivity index (χ2n) is 9.37. The number of ether oxygens (including phenoxy) is 1. The Kier molecular flexibility index (Phi) is 6.27. The minimum Gasteiger partial charge on any atom is -0.508 e. The first-order valence-electron chi connectivity index (χ1n) is 11.5. The van der Waals surface area contributed by atoms with E-state index in [-0.39, 0.29) is 17.7 Å². The third-order valence-electron chi connectivity index (χ3n) is 7.54. The van der Waals surface area contributed by atoms with Gasteiger partial charge < -0.3 is 36.0 Å². The largest absolute Gasteiger partial charge is 0.508 e. The second-order valence-corrected chi connectivity index (χ2v) is 9.37. The van der Waals surface area contributed by atoms with E-state index in [0.717, 1.165) is 6.08 Å². The number of carbonyl (C=O) groups excluding carboxylic acids is 4. The number of phenolic OH excluding ortho intramolecular Hbond substituents is 1. The maximum atomic E-state index is 13.6. The van der Waals surface area contributed by atoms with Crippen LogP contribution in [0.25, 0.3) is 6.08 Å². The molecular weight excluding hydrogens is 474 g/mol. The molecule has 7 atom stereocenters. The van der Waals surface area contributed by atoms with Gasteiger partial charge in [0.25, 0.3) is 0 Å². The van der Waals surface area contributed by atoms with Crippen molar-refractivity contribution in [3.05, 3.63) is 46.2 Å². The molecule has 3 aliphatic carbocycles. The molecule has 11 heteroatoms. The fraction of sp³-hybridized carbons (Fsp3) is 0.440. The number of hydrogen-bond acceptors (Lipinski definition) is 10. The van der Waals surface area contributed by atoms with Crippen LogP contribution < -0.4 is 5.73 Å². The SMILES string of the molecule is CCOC(=O)/C=C/c1ccc2c(c1O)C(=O)C1=C(O)[C@]3(O)C(=O)C(C(N)=O)C(O)C[C@@H]3[C@@H](O)[C@@H]1[C@H]2C. The number of primary amides is 1. The van der Waals surface area contributed by atoms with Crippen molar-refractivity contribution in [1.29, 1.82) is 0 Å². The minimum atomic E-state index is -2.84. The molecule has 1 fully saturated rings. The third kappa shape index (κ3) is 3.46. The number of phenols is 1. The summed E-state index contributed by atoms with van der Waals surface area (Å²) < 4.78 is 4.80. The zero-order valence-electron chi connectivity index (χ0n) is 19.5. The van der Waals surface area contributed by atoms with Crippen molar-refractivity contribution in [2.45, 2.75) is 44.0 Å². The summed E-state index contributed by atoms with van der Waals surface area (Å²) in [6.07, 6.45) is -1.28. The molecule has 36 heavy (non-hydrogen) atoms. The van der Waals surface area contributed by atoms with E-state index < -0.39 is 88.4 Å². The van der Waals surface area contributed by atoms with Crippen LogP contribution in [0.1, 0.15) is 47.7 Å². The molecule has 1 aromatic rings.